The van der Waals surface area contributed by atoms with Gasteiger partial charge in [-0.2, -0.15) is 9.97 Å². The van der Waals surface area contributed by atoms with Crippen molar-refractivity contribution in [3.63, 3.8) is 0 Å². The van der Waals surface area contributed by atoms with Crippen LogP contribution < -0.4 is 10.6 Å². The van der Waals surface area contributed by atoms with Crippen molar-refractivity contribution in [2.45, 2.75) is 19.4 Å². The number of aryl methyl sites for hydroxylation is 1. The Hall–Kier alpha value is -2.81. The molecule has 1 unspecified atom stereocenters. The Kier molecular flexibility index (Phi) is 4.15. The maximum atomic E-state index is 11.7. The smallest absolute Gasteiger partial charge is 0.227 e. The average Bonchev–Trinajstić information content (AvgIpc) is 2.95. The van der Waals surface area contributed by atoms with Crippen molar-refractivity contribution in [3.05, 3.63) is 42.2 Å². The van der Waals surface area contributed by atoms with Crippen molar-refractivity contribution in [1.82, 2.24) is 19.9 Å². The molecule has 1 aliphatic heterocycles. The first kappa shape index (κ1) is 16.6. The van der Waals surface area contributed by atoms with Crippen LogP contribution in [0.2, 0.25) is 0 Å². The fourth-order valence-electron chi connectivity index (χ4n) is 2.88. The summed E-state index contributed by atoms with van der Waals surface area (Å²) in [6, 6.07) is 7.72. The van der Waals surface area contributed by atoms with Gasteiger partial charge in [-0.3, -0.25) is 0 Å². The quantitative estimate of drug-likeness (QED) is 0.718. The van der Waals surface area contributed by atoms with Crippen LogP contribution in [0.3, 0.4) is 0 Å². The van der Waals surface area contributed by atoms with Crippen LogP contribution in [0.4, 0.5) is 17.5 Å². The van der Waals surface area contributed by atoms with Gasteiger partial charge in [-0.1, -0.05) is 17.7 Å². The lowest BCUT2D eigenvalue weighted by Crippen LogP contribution is -2.22. The third-order valence-corrected chi connectivity index (χ3v) is 5.98. The normalized spacial score (nSPS) is 18.7. The van der Waals surface area contributed by atoms with E-state index in [0.717, 1.165) is 11.3 Å². The number of anilines is 3. The van der Waals surface area contributed by atoms with Crippen LogP contribution >= 0.6 is 0 Å². The number of rotatable bonds is 4. The van der Waals surface area contributed by atoms with Crippen molar-refractivity contribution >= 4 is 38.5 Å². The molecule has 0 spiro atoms. The maximum Gasteiger partial charge on any atom is 0.227 e. The number of benzene rings is 1. The minimum Gasteiger partial charge on any atom is -0.350 e. The zero-order valence-electron chi connectivity index (χ0n) is 14.2. The molecule has 1 aliphatic rings. The molecule has 134 valence electrons. The highest BCUT2D eigenvalue weighted by Gasteiger charge is 2.28. The molecule has 0 saturated carbocycles. The first-order valence-corrected chi connectivity index (χ1v) is 10.1. The van der Waals surface area contributed by atoms with Gasteiger partial charge in [0.25, 0.3) is 0 Å². The number of fused-ring (bicyclic) bond motifs is 1. The van der Waals surface area contributed by atoms with Gasteiger partial charge in [0.05, 0.1) is 11.5 Å². The van der Waals surface area contributed by atoms with Crippen molar-refractivity contribution in [3.8, 4) is 0 Å². The molecule has 4 rings (SSSR count). The van der Waals surface area contributed by atoms with Gasteiger partial charge in [0.1, 0.15) is 0 Å². The van der Waals surface area contributed by atoms with Gasteiger partial charge in [-0.15, -0.1) is 0 Å². The number of sulfone groups is 1. The Bertz CT molecular complexity index is 1050. The molecular formula is C17H18N6O2S. The third-order valence-electron chi connectivity index (χ3n) is 4.21. The van der Waals surface area contributed by atoms with Crippen molar-refractivity contribution < 1.29 is 8.42 Å². The van der Waals surface area contributed by atoms with Crippen molar-refractivity contribution in [1.29, 1.82) is 0 Å². The average molecular weight is 370 g/mol. The largest absolute Gasteiger partial charge is 0.350 e. The van der Waals surface area contributed by atoms with E-state index in [4.69, 9.17) is 0 Å². The van der Waals surface area contributed by atoms with Crippen LogP contribution in [0.1, 0.15) is 12.0 Å². The maximum absolute atomic E-state index is 11.7. The Morgan fingerprint density at radius 3 is 2.58 bits per heavy atom. The number of hydrogen-bond donors (Lipinski definition) is 2. The van der Waals surface area contributed by atoms with Crippen LogP contribution in [-0.4, -0.2) is 45.9 Å². The predicted octanol–water partition coefficient (Wildman–Crippen LogP) is 2.07. The fourth-order valence-corrected chi connectivity index (χ4v) is 4.55. The minimum atomic E-state index is -2.98. The summed E-state index contributed by atoms with van der Waals surface area (Å²) in [4.78, 5) is 17.4. The summed E-state index contributed by atoms with van der Waals surface area (Å²) in [6.07, 6.45) is 3.70. The second-order valence-corrected chi connectivity index (χ2v) is 8.59. The Balaban J connectivity index is 1.67. The minimum absolute atomic E-state index is 0.0928. The summed E-state index contributed by atoms with van der Waals surface area (Å²) < 4.78 is 23.3. The van der Waals surface area contributed by atoms with Crippen LogP contribution in [0.25, 0.3) is 11.2 Å². The second-order valence-electron chi connectivity index (χ2n) is 6.36. The lowest BCUT2D eigenvalue weighted by Gasteiger charge is -2.13. The van der Waals surface area contributed by atoms with E-state index in [2.05, 4.69) is 30.6 Å². The Labute approximate surface area is 151 Å². The molecule has 26 heavy (non-hydrogen) atoms. The predicted molar refractivity (Wildman–Crippen MR) is 100 cm³/mol. The first-order valence-electron chi connectivity index (χ1n) is 8.28. The zero-order valence-corrected chi connectivity index (χ0v) is 15.0. The molecular weight excluding hydrogens is 352 g/mol. The van der Waals surface area contributed by atoms with E-state index < -0.39 is 9.84 Å². The van der Waals surface area contributed by atoms with E-state index in [1.165, 1.54) is 0 Å². The van der Waals surface area contributed by atoms with Gasteiger partial charge in [-0.25, -0.2) is 18.4 Å². The standard InChI is InChI=1S/C17H18N6O2S/c1-11-2-4-12(5-3-11)20-16-14-15(19-8-7-18-14)22-17(23-16)21-13-6-9-26(24,25)10-13/h2-5,7-8,13H,6,9-10H2,1H3,(H2,19,20,21,22,23). The molecule has 8 nitrogen and oxygen atoms in total. The molecule has 2 N–H and O–H groups in total. The lowest BCUT2D eigenvalue weighted by molar-refractivity contribution is 0.602. The van der Waals surface area contributed by atoms with E-state index in [1.54, 1.807) is 12.4 Å². The van der Waals surface area contributed by atoms with E-state index in [9.17, 15) is 8.42 Å². The molecule has 0 radical (unpaired) electrons. The summed E-state index contributed by atoms with van der Waals surface area (Å²) in [5.41, 5.74) is 3.03. The van der Waals surface area contributed by atoms with Crippen LogP contribution in [0, 0.1) is 6.92 Å². The van der Waals surface area contributed by atoms with Gasteiger partial charge in [-0.05, 0) is 25.5 Å². The molecule has 1 fully saturated rings. The van der Waals surface area contributed by atoms with E-state index in [-0.39, 0.29) is 17.5 Å². The molecule has 3 heterocycles. The number of nitrogens with zero attached hydrogens (tertiary/aromatic N) is 4. The van der Waals surface area contributed by atoms with E-state index in [1.807, 2.05) is 31.2 Å². The zero-order chi connectivity index (χ0) is 18.1. The highest BCUT2D eigenvalue weighted by molar-refractivity contribution is 7.91. The highest BCUT2D eigenvalue weighted by atomic mass is 32.2. The summed E-state index contributed by atoms with van der Waals surface area (Å²) in [5.74, 6) is 1.15. The molecule has 1 atom stereocenters. The molecule has 9 heteroatoms. The molecule has 0 aliphatic carbocycles. The fraction of sp³-hybridized carbons (Fsp3) is 0.294. The molecule has 1 aromatic carbocycles. The molecule has 3 aromatic rings. The summed E-state index contributed by atoms with van der Waals surface area (Å²) >= 11 is 0. The SMILES string of the molecule is Cc1ccc(Nc2nc(NC3CCS(=O)(=O)C3)nc3nccnc23)cc1. The number of aromatic nitrogens is 4. The third kappa shape index (κ3) is 3.57. The Morgan fingerprint density at radius 1 is 1.08 bits per heavy atom. The summed E-state index contributed by atoms with van der Waals surface area (Å²) in [6.45, 7) is 2.02. The topological polar surface area (TPSA) is 110 Å². The monoisotopic (exact) mass is 370 g/mol. The van der Waals surface area contributed by atoms with Gasteiger partial charge < -0.3 is 10.6 Å². The van der Waals surface area contributed by atoms with Crippen molar-refractivity contribution in [2.24, 2.45) is 0 Å². The van der Waals surface area contributed by atoms with Crippen LogP contribution in [-0.2, 0) is 9.84 Å². The van der Waals surface area contributed by atoms with E-state index >= 15 is 0 Å². The first-order chi connectivity index (χ1) is 12.5. The van der Waals surface area contributed by atoms with Gasteiger partial charge >= 0.3 is 0 Å². The van der Waals surface area contributed by atoms with Gasteiger partial charge in [0.2, 0.25) is 5.95 Å². The highest BCUT2D eigenvalue weighted by Crippen LogP contribution is 2.24. The molecule has 0 bridgehead atoms. The van der Waals surface area contributed by atoms with Gasteiger partial charge in [0, 0.05) is 24.1 Å². The molecule has 2 aromatic heterocycles. The summed E-state index contributed by atoms with van der Waals surface area (Å²) in [7, 11) is -2.98. The van der Waals surface area contributed by atoms with E-state index in [0.29, 0.717) is 29.4 Å². The summed E-state index contributed by atoms with van der Waals surface area (Å²) in [5, 5.41) is 6.36. The Morgan fingerprint density at radius 2 is 1.85 bits per heavy atom. The molecule has 0 amide bonds. The molecule has 1 saturated heterocycles. The number of hydrogen-bond acceptors (Lipinski definition) is 8. The van der Waals surface area contributed by atoms with Crippen molar-refractivity contribution in [2.75, 3.05) is 22.1 Å². The second kappa shape index (κ2) is 6.49. The lowest BCUT2D eigenvalue weighted by atomic mass is 10.2. The number of nitrogens with one attached hydrogen (secondary N) is 2. The van der Waals surface area contributed by atoms with Crippen LogP contribution in [0.15, 0.2) is 36.7 Å². The van der Waals surface area contributed by atoms with Gasteiger partial charge in [0.15, 0.2) is 26.8 Å². The van der Waals surface area contributed by atoms with Crippen LogP contribution in [0.5, 0.6) is 0 Å².